The molecule has 32 heavy (non-hydrogen) atoms. The van der Waals surface area contributed by atoms with E-state index in [4.69, 9.17) is 17.0 Å². The summed E-state index contributed by atoms with van der Waals surface area (Å²) in [5.74, 6) is -0.0720. The predicted molar refractivity (Wildman–Crippen MR) is 126 cm³/mol. The summed E-state index contributed by atoms with van der Waals surface area (Å²) in [6, 6.07) is 14.8. The third-order valence-corrected chi connectivity index (χ3v) is 6.25. The summed E-state index contributed by atoms with van der Waals surface area (Å²) >= 11 is 5.67. The van der Waals surface area contributed by atoms with Crippen LogP contribution in [0.2, 0.25) is 0 Å². The molecule has 1 aliphatic heterocycles. The van der Waals surface area contributed by atoms with E-state index in [-0.39, 0.29) is 30.2 Å². The van der Waals surface area contributed by atoms with E-state index in [9.17, 15) is 9.90 Å². The molecule has 1 aromatic carbocycles. The second kappa shape index (κ2) is 9.00. The number of aryl methyl sites for hydroxylation is 1. The van der Waals surface area contributed by atoms with Crippen molar-refractivity contribution in [2.75, 3.05) is 13.7 Å². The second-order valence-corrected chi connectivity index (χ2v) is 8.18. The lowest BCUT2D eigenvalue weighted by molar-refractivity contribution is -0.140. The number of carbonyl (C=O) groups excluding carboxylic acids is 1. The molecule has 0 radical (unpaired) electrons. The van der Waals surface area contributed by atoms with E-state index in [2.05, 4.69) is 16.4 Å². The highest BCUT2D eigenvalue weighted by Crippen LogP contribution is 2.42. The Hall–Kier alpha value is -3.39. The fourth-order valence-electron chi connectivity index (χ4n) is 4.41. The van der Waals surface area contributed by atoms with Gasteiger partial charge in [0.1, 0.15) is 5.75 Å². The summed E-state index contributed by atoms with van der Waals surface area (Å²) in [6.45, 7) is 4.47. The lowest BCUT2D eigenvalue weighted by Crippen LogP contribution is -2.32. The molecule has 3 heterocycles. The molecule has 0 unspecified atom stereocenters. The summed E-state index contributed by atoms with van der Waals surface area (Å²) in [6.07, 6.45) is 1.99. The normalized spacial score (nSPS) is 18.0. The Morgan fingerprint density at radius 2 is 1.97 bits per heavy atom. The van der Waals surface area contributed by atoms with Crippen LogP contribution in [0.15, 0.2) is 54.7 Å². The third kappa shape index (κ3) is 3.93. The Balaban J connectivity index is 1.81. The number of nitrogens with zero attached hydrogens (tertiary/aromatic N) is 3. The highest BCUT2D eigenvalue weighted by Gasteiger charge is 2.41. The van der Waals surface area contributed by atoms with Crippen LogP contribution < -0.4 is 5.32 Å². The molecule has 0 amide bonds. The zero-order chi connectivity index (χ0) is 22.8. The van der Waals surface area contributed by atoms with Gasteiger partial charge in [0.25, 0.3) is 0 Å². The number of phenols is 1. The van der Waals surface area contributed by atoms with Gasteiger partial charge in [-0.1, -0.05) is 18.2 Å². The molecule has 0 spiro atoms. The van der Waals surface area contributed by atoms with Crippen molar-refractivity contribution in [3.8, 4) is 11.4 Å². The van der Waals surface area contributed by atoms with Gasteiger partial charge in [0.05, 0.1) is 37.0 Å². The van der Waals surface area contributed by atoms with Crippen LogP contribution in [0.1, 0.15) is 41.1 Å². The molecule has 0 aliphatic carbocycles. The Labute approximate surface area is 192 Å². The Kier molecular flexibility index (Phi) is 6.14. The number of benzene rings is 1. The van der Waals surface area contributed by atoms with Gasteiger partial charge < -0.3 is 24.6 Å². The smallest absolute Gasteiger partial charge is 0.307 e. The number of para-hydroxylation sites is 2. The Morgan fingerprint density at radius 3 is 2.66 bits per heavy atom. The molecule has 8 heteroatoms. The largest absolute Gasteiger partial charge is 0.506 e. The molecule has 166 valence electrons. The number of rotatable bonds is 6. The lowest BCUT2D eigenvalue weighted by Gasteiger charge is -2.28. The van der Waals surface area contributed by atoms with Crippen molar-refractivity contribution < 1.29 is 14.6 Å². The zero-order valence-corrected chi connectivity index (χ0v) is 19.1. The molecule has 3 aromatic rings. The second-order valence-electron chi connectivity index (χ2n) is 7.80. The number of aromatic hydroxyl groups is 1. The van der Waals surface area contributed by atoms with Crippen molar-refractivity contribution in [3.05, 3.63) is 77.4 Å². The maximum Gasteiger partial charge on any atom is 0.307 e. The first-order chi connectivity index (χ1) is 15.4. The van der Waals surface area contributed by atoms with Crippen molar-refractivity contribution in [1.29, 1.82) is 0 Å². The average molecular weight is 451 g/mol. The van der Waals surface area contributed by atoms with Crippen molar-refractivity contribution in [2.45, 2.75) is 32.4 Å². The van der Waals surface area contributed by atoms with Gasteiger partial charge in [-0.3, -0.25) is 9.78 Å². The third-order valence-electron chi connectivity index (χ3n) is 5.89. The average Bonchev–Trinajstić information content (AvgIpc) is 3.28. The van der Waals surface area contributed by atoms with Crippen LogP contribution in [0, 0.1) is 13.8 Å². The molecule has 1 saturated heterocycles. The van der Waals surface area contributed by atoms with Crippen LogP contribution >= 0.6 is 12.2 Å². The van der Waals surface area contributed by atoms with Crippen LogP contribution in [0.5, 0.6) is 5.75 Å². The van der Waals surface area contributed by atoms with Crippen LogP contribution in [0.25, 0.3) is 5.69 Å². The minimum atomic E-state index is -0.285. The first-order valence-electron chi connectivity index (χ1n) is 10.4. The van der Waals surface area contributed by atoms with Crippen LogP contribution in [0.4, 0.5) is 0 Å². The molecular formula is C24H26N4O3S. The first kappa shape index (κ1) is 21.8. The van der Waals surface area contributed by atoms with Crippen LogP contribution in [0.3, 0.4) is 0 Å². The molecule has 2 atom stereocenters. The first-order valence-corrected chi connectivity index (χ1v) is 10.8. The molecule has 4 rings (SSSR count). The van der Waals surface area contributed by atoms with E-state index in [1.807, 2.05) is 53.6 Å². The molecular weight excluding hydrogens is 424 g/mol. The number of carbonyl (C=O) groups is 1. The van der Waals surface area contributed by atoms with Gasteiger partial charge in [-0.15, -0.1) is 0 Å². The standard InChI is InChI=1S/C24H26N4O3S/c1-15-14-17(16(2)28(15)19-9-4-5-10-20(19)29)23-22(18-8-6-7-12-25-18)26-24(32)27(23)13-11-21(30)31-3/h4-10,12,14,22-23,29H,11,13H2,1-3H3,(H,26,32)/t22-,23-/m0/s1. The lowest BCUT2D eigenvalue weighted by atomic mass is 9.96. The van der Waals surface area contributed by atoms with Gasteiger partial charge in [0.15, 0.2) is 5.11 Å². The van der Waals surface area contributed by atoms with E-state index in [0.717, 1.165) is 28.3 Å². The Morgan fingerprint density at radius 1 is 1.22 bits per heavy atom. The van der Waals surface area contributed by atoms with Gasteiger partial charge >= 0.3 is 5.97 Å². The number of methoxy groups -OCH3 is 1. The minimum absolute atomic E-state index is 0.173. The molecule has 1 fully saturated rings. The number of pyridine rings is 1. The SMILES string of the molecule is COC(=O)CCN1C(=S)N[C@@H](c2ccccn2)[C@@H]1c1cc(C)n(-c2ccccc2O)c1C. The fraction of sp³-hybridized carbons (Fsp3) is 0.292. The summed E-state index contributed by atoms with van der Waals surface area (Å²) in [4.78, 5) is 18.5. The minimum Gasteiger partial charge on any atom is -0.506 e. The summed E-state index contributed by atoms with van der Waals surface area (Å²) in [5.41, 5.74) is 4.62. The van der Waals surface area contributed by atoms with E-state index >= 15 is 0 Å². The van der Waals surface area contributed by atoms with Gasteiger partial charge in [-0.25, -0.2) is 0 Å². The number of esters is 1. The number of phenolic OH excluding ortho intramolecular Hbond substituents is 1. The number of hydrogen-bond donors (Lipinski definition) is 2. The molecule has 7 nitrogen and oxygen atoms in total. The summed E-state index contributed by atoms with van der Waals surface area (Å²) in [7, 11) is 1.39. The van der Waals surface area contributed by atoms with Gasteiger partial charge in [0, 0.05) is 24.1 Å². The number of thiocarbonyl (C=S) groups is 1. The van der Waals surface area contributed by atoms with Crippen molar-refractivity contribution in [3.63, 3.8) is 0 Å². The highest BCUT2D eigenvalue weighted by atomic mass is 32.1. The fourth-order valence-corrected chi connectivity index (χ4v) is 4.74. The maximum absolute atomic E-state index is 11.9. The maximum atomic E-state index is 11.9. The van der Waals surface area contributed by atoms with Crippen molar-refractivity contribution >= 4 is 23.3 Å². The van der Waals surface area contributed by atoms with Gasteiger partial charge in [-0.05, 0) is 62.0 Å². The molecule has 2 N–H and O–H groups in total. The molecule has 1 aliphatic rings. The van der Waals surface area contributed by atoms with Crippen LogP contribution in [-0.2, 0) is 9.53 Å². The summed E-state index contributed by atoms with van der Waals surface area (Å²) < 4.78 is 6.88. The van der Waals surface area contributed by atoms with E-state index in [0.29, 0.717) is 11.7 Å². The Bertz CT molecular complexity index is 1150. The topological polar surface area (TPSA) is 79.6 Å². The number of hydrogen-bond acceptors (Lipinski definition) is 5. The number of aromatic nitrogens is 2. The van der Waals surface area contributed by atoms with Gasteiger partial charge in [0.2, 0.25) is 0 Å². The molecule has 2 aromatic heterocycles. The zero-order valence-electron chi connectivity index (χ0n) is 18.3. The quantitative estimate of drug-likeness (QED) is 0.438. The number of nitrogens with one attached hydrogen (secondary N) is 1. The highest BCUT2D eigenvalue weighted by molar-refractivity contribution is 7.80. The van der Waals surface area contributed by atoms with Crippen LogP contribution in [-0.4, -0.2) is 44.3 Å². The van der Waals surface area contributed by atoms with E-state index in [1.54, 1.807) is 18.3 Å². The van der Waals surface area contributed by atoms with Gasteiger partial charge in [-0.2, -0.15) is 0 Å². The van der Waals surface area contributed by atoms with Crippen molar-refractivity contribution in [1.82, 2.24) is 19.8 Å². The van der Waals surface area contributed by atoms with Crippen molar-refractivity contribution in [2.24, 2.45) is 0 Å². The summed E-state index contributed by atoms with van der Waals surface area (Å²) in [5, 5.41) is 14.4. The predicted octanol–water partition coefficient (Wildman–Crippen LogP) is 3.73. The monoisotopic (exact) mass is 450 g/mol. The van der Waals surface area contributed by atoms with E-state index < -0.39 is 0 Å². The molecule has 0 bridgehead atoms. The van der Waals surface area contributed by atoms with E-state index in [1.165, 1.54) is 7.11 Å². The molecule has 0 saturated carbocycles. The number of ether oxygens (including phenoxy) is 1.